The van der Waals surface area contributed by atoms with Crippen LogP contribution in [0.5, 0.6) is 0 Å². The van der Waals surface area contributed by atoms with Gasteiger partial charge in [-0.1, -0.05) is 12.8 Å². The Morgan fingerprint density at radius 1 is 1.21 bits per heavy atom. The van der Waals surface area contributed by atoms with Gasteiger partial charge in [0, 0.05) is 27.4 Å². The van der Waals surface area contributed by atoms with Crippen LogP contribution in [-0.4, -0.2) is 47.7 Å². The van der Waals surface area contributed by atoms with Crippen LogP contribution in [0.15, 0.2) is 0 Å². The Morgan fingerprint density at radius 3 is 2.42 bits per heavy atom. The van der Waals surface area contributed by atoms with Gasteiger partial charge in [0.15, 0.2) is 0 Å². The largest absolute Gasteiger partial charge is 0.396 e. The molecule has 2 unspecified atom stereocenters. The van der Waals surface area contributed by atoms with Crippen molar-refractivity contribution >= 4 is 8.56 Å². The molecule has 19 heavy (non-hydrogen) atoms. The SMILES string of the molecule is COC1(CC(N)CCCN)CCCC[Si]1(OC)OC. The van der Waals surface area contributed by atoms with Crippen molar-refractivity contribution in [2.45, 2.75) is 55.8 Å². The summed E-state index contributed by atoms with van der Waals surface area (Å²) in [6.07, 6.45) is 5.97. The molecule has 0 saturated carbocycles. The van der Waals surface area contributed by atoms with Crippen molar-refractivity contribution in [1.82, 2.24) is 0 Å². The third-order valence-electron chi connectivity index (χ3n) is 4.45. The predicted octanol–water partition coefficient (Wildman–Crippen LogP) is 1.29. The summed E-state index contributed by atoms with van der Waals surface area (Å²) in [5.41, 5.74) is 11.8. The molecule has 1 aliphatic rings. The van der Waals surface area contributed by atoms with Crippen molar-refractivity contribution in [3.63, 3.8) is 0 Å². The lowest BCUT2D eigenvalue weighted by atomic mass is 10.00. The first-order valence-electron chi connectivity index (χ1n) is 7.21. The van der Waals surface area contributed by atoms with Gasteiger partial charge in [-0.2, -0.15) is 0 Å². The van der Waals surface area contributed by atoms with Crippen LogP contribution in [-0.2, 0) is 13.6 Å². The molecule has 4 N–H and O–H groups in total. The fraction of sp³-hybridized carbons (Fsp3) is 1.00. The van der Waals surface area contributed by atoms with Gasteiger partial charge in [-0.15, -0.1) is 0 Å². The van der Waals surface area contributed by atoms with Gasteiger partial charge in [0.2, 0.25) is 0 Å². The standard InChI is InChI=1S/C13H30N2O3Si/c1-16-13(11-12(15)7-6-9-14)8-4-5-10-19(13,17-2)18-3/h12H,4-11,14-15H2,1-3H3. The molecule has 2 atom stereocenters. The van der Waals surface area contributed by atoms with Gasteiger partial charge in [-0.05, 0) is 38.3 Å². The van der Waals surface area contributed by atoms with E-state index in [0.29, 0.717) is 6.54 Å². The number of hydrogen-bond acceptors (Lipinski definition) is 5. The molecule has 1 heterocycles. The molecule has 0 aromatic heterocycles. The van der Waals surface area contributed by atoms with Crippen molar-refractivity contribution in [2.24, 2.45) is 11.5 Å². The summed E-state index contributed by atoms with van der Waals surface area (Å²) in [5.74, 6) is 0. The minimum absolute atomic E-state index is 0.0961. The molecule has 0 aromatic carbocycles. The van der Waals surface area contributed by atoms with Gasteiger partial charge in [0.05, 0.1) is 0 Å². The van der Waals surface area contributed by atoms with E-state index in [1.165, 1.54) is 0 Å². The molecule has 0 spiro atoms. The normalized spacial score (nSPS) is 28.3. The second kappa shape index (κ2) is 7.71. The van der Waals surface area contributed by atoms with E-state index in [-0.39, 0.29) is 11.3 Å². The first-order valence-corrected chi connectivity index (χ1v) is 9.23. The number of rotatable bonds is 8. The molecule has 0 bridgehead atoms. The van der Waals surface area contributed by atoms with Gasteiger partial charge in [-0.25, -0.2) is 0 Å². The maximum Gasteiger partial charge on any atom is 0.370 e. The van der Waals surface area contributed by atoms with Crippen molar-refractivity contribution in [3.8, 4) is 0 Å². The smallest absolute Gasteiger partial charge is 0.370 e. The van der Waals surface area contributed by atoms with E-state index in [1.807, 2.05) is 0 Å². The zero-order valence-electron chi connectivity index (χ0n) is 12.6. The third kappa shape index (κ3) is 3.56. The van der Waals surface area contributed by atoms with Crippen LogP contribution in [0, 0.1) is 0 Å². The second-order valence-corrected chi connectivity index (χ2v) is 9.20. The van der Waals surface area contributed by atoms with Gasteiger partial charge in [-0.3, -0.25) is 0 Å². The summed E-state index contributed by atoms with van der Waals surface area (Å²) in [6, 6.07) is 1.08. The molecule has 1 rings (SSSR count). The summed E-state index contributed by atoms with van der Waals surface area (Å²) in [4.78, 5) is 0. The molecule has 0 radical (unpaired) electrons. The van der Waals surface area contributed by atoms with Crippen molar-refractivity contribution in [2.75, 3.05) is 27.9 Å². The highest BCUT2D eigenvalue weighted by Crippen LogP contribution is 2.42. The number of ether oxygens (including phenoxy) is 1. The van der Waals surface area contributed by atoms with Gasteiger partial charge < -0.3 is 25.1 Å². The van der Waals surface area contributed by atoms with Crippen LogP contribution in [0.3, 0.4) is 0 Å². The van der Waals surface area contributed by atoms with Crippen molar-refractivity contribution < 1.29 is 13.6 Å². The maximum absolute atomic E-state index is 6.26. The summed E-state index contributed by atoms with van der Waals surface area (Å²) >= 11 is 0. The van der Waals surface area contributed by atoms with Crippen LogP contribution >= 0.6 is 0 Å². The zero-order valence-corrected chi connectivity index (χ0v) is 13.6. The molecular formula is C13H30N2O3Si. The molecular weight excluding hydrogens is 260 g/mol. The fourth-order valence-electron chi connectivity index (χ4n) is 3.35. The van der Waals surface area contributed by atoms with E-state index in [9.17, 15) is 0 Å². The quantitative estimate of drug-likeness (QED) is 0.658. The van der Waals surface area contributed by atoms with E-state index in [1.54, 1.807) is 21.3 Å². The van der Waals surface area contributed by atoms with Gasteiger partial charge >= 0.3 is 8.56 Å². The van der Waals surface area contributed by atoms with Gasteiger partial charge in [0.1, 0.15) is 5.22 Å². The van der Waals surface area contributed by atoms with Crippen LogP contribution in [0.4, 0.5) is 0 Å². The van der Waals surface area contributed by atoms with E-state index in [0.717, 1.165) is 44.6 Å². The van der Waals surface area contributed by atoms with Crippen LogP contribution in [0.25, 0.3) is 0 Å². The minimum Gasteiger partial charge on any atom is -0.396 e. The van der Waals surface area contributed by atoms with Crippen molar-refractivity contribution in [3.05, 3.63) is 0 Å². The fourth-order valence-corrected chi connectivity index (χ4v) is 7.28. The Hall–Kier alpha value is 0.0169. The molecule has 6 heteroatoms. The number of hydrogen-bond donors (Lipinski definition) is 2. The van der Waals surface area contributed by atoms with Crippen LogP contribution in [0.1, 0.15) is 38.5 Å². The lowest BCUT2D eigenvalue weighted by molar-refractivity contribution is -0.0191. The Kier molecular flexibility index (Phi) is 6.92. The molecule has 114 valence electrons. The van der Waals surface area contributed by atoms with E-state index >= 15 is 0 Å². The Balaban J connectivity index is 2.84. The first-order chi connectivity index (χ1) is 9.09. The summed E-state index contributed by atoms with van der Waals surface area (Å²) in [7, 11) is 2.92. The topological polar surface area (TPSA) is 79.7 Å². The van der Waals surface area contributed by atoms with E-state index in [4.69, 9.17) is 25.1 Å². The Bertz CT molecular complexity index is 264. The second-order valence-electron chi connectivity index (χ2n) is 5.46. The monoisotopic (exact) mass is 290 g/mol. The molecule has 0 aliphatic carbocycles. The molecule has 1 fully saturated rings. The molecule has 0 amide bonds. The van der Waals surface area contributed by atoms with Crippen LogP contribution < -0.4 is 11.5 Å². The Labute approximate surface area is 118 Å². The molecule has 1 saturated heterocycles. The summed E-state index contributed by atoms with van der Waals surface area (Å²) in [5, 5.41) is -0.317. The highest BCUT2D eigenvalue weighted by atomic mass is 28.4. The van der Waals surface area contributed by atoms with Crippen LogP contribution in [0.2, 0.25) is 6.04 Å². The number of nitrogens with two attached hydrogens (primary N) is 2. The molecule has 0 aromatic rings. The molecule has 5 nitrogen and oxygen atoms in total. The predicted molar refractivity (Wildman–Crippen MR) is 79.1 cm³/mol. The van der Waals surface area contributed by atoms with Crippen molar-refractivity contribution in [1.29, 1.82) is 0 Å². The molecule has 1 aliphatic heterocycles. The summed E-state index contributed by atoms with van der Waals surface area (Å²) in [6.45, 7) is 0.685. The average Bonchev–Trinajstić information content (AvgIpc) is 2.45. The highest BCUT2D eigenvalue weighted by Gasteiger charge is 2.59. The van der Waals surface area contributed by atoms with E-state index in [2.05, 4.69) is 0 Å². The lowest BCUT2D eigenvalue weighted by Gasteiger charge is -2.48. The maximum atomic E-state index is 6.26. The van der Waals surface area contributed by atoms with E-state index < -0.39 is 8.56 Å². The Morgan fingerprint density at radius 2 is 1.89 bits per heavy atom. The van der Waals surface area contributed by atoms with Gasteiger partial charge in [0.25, 0.3) is 0 Å². The lowest BCUT2D eigenvalue weighted by Crippen LogP contribution is -2.66. The highest BCUT2D eigenvalue weighted by molar-refractivity contribution is 6.70. The minimum atomic E-state index is -2.35. The first kappa shape index (κ1) is 17.1. The summed E-state index contributed by atoms with van der Waals surface area (Å²) < 4.78 is 17.6. The third-order valence-corrected chi connectivity index (χ3v) is 8.83. The number of methoxy groups -OCH3 is 1. The average molecular weight is 290 g/mol. The zero-order chi connectivity index (χ0) is 14.4.